The Kier molecular flexibility index (Phi) is 4.52. The van der Waals surface area contributed by atoms with E-state index in [4.69, 9.17) is 0 Å². The molecule has 0 radical (unpaired) electrons. The molecule has 19 heavy (non-hydrogen) atoms. The summed E-state index contributed by atoms with van der Waals surface area (Å²) in [5.41, 5.74) is 2.02. The smallest absolute Gasteiger partial charge is 0.239 e. The van der Waals surface area contributed by atoms with Crippen molar-refractivity contribution in [3.05, 3.63) is 30.1 Å². The van der Waals surface area contributed by atoms with Gasteiger partial charge < -0.3 is 15.2 Å². The van der Waals surface area contributed by atoms with Crippen LogP contribution < -0.4 is 10.6 Å². The van der Waals surface area contributed by atoms with Gasteiger partial charge in [0.1, 0.15) is 12.2 Å². The Hall–Kier alpha value is -1.88. The number of hydrogen-bond acceptors (Lipinski definition) is 3. The minimum atomic E-state index is 0.0282. The predicted octanol–water partition coefficient (Wildman–Crippen LogP) is 1.28. The molecule has 102 valence electrons. The maximum absolute atomic E-state index is 11.8. The van der Waals surface area contributed by atoms with Crippen LogP contribution in [0.3, 0.4) is 0 Å². The van der Waals surface area contributed by atoms with Gasteiger partial charge in [-0.05, 0) is 31.2 Å². The minimum absolute atomic E-state index is 0.0282. The van der Waals surface area contributed by atoms with Crippen LogP contribution in [-0.2, 0) is 17.9 Å². The number of rotatable bonds is 6. The first-order valence-electron chi connectivity index (χ1n) is 6.60. The Morgan fingerprint density at radius 1 is 1.47 bits per heavy atom. The lowest BCUT2D eigenvalue weighted by Crippen LogP contribution is -2.27. The van der Waals surface area contributed by atoms with Crippen LogP contribution in [0.1, 0.15) is 18.9 Å². The van der Waals surface area contributed by atoms with E-state index in [-0.39, 0.29) is 5.91 Å². The van der Waals surface area contributed by atoms with Crippen LogP contribution in [0.2, 0.25) is 0 Å². The van der Waals surface area contributed by atoms with Crippen molar-refractivity contribution in [3.63, 3.8) is 0 Å². The lowest BCUT2D eigenvalue weighted by atomic mass is 10.2. The number of fused-ring (bicyclic) bond motifs is 1. The molecule has 5 nitrogen and oxygen atoms in total. The fraction of sp³-hybridized carbons (Fsp3) is 0.429. The molecule has 5 heteroatoms. The average Bonchev–Trinajstić information content (AvgIpc) is 2.76. The highest BCUT2D eigenvalue weighted by Crippen LogP contribution is 2.18. The first-order chi connectivity index (χ1) is 9.26. The van der Waals surface area contributed by atoms with Gasteiger partial charge in [0.05, 0.1) is 0 Å². The van der Waals surface area contributed by atoms with E-state index in [0.717, 1.165) is 36.1 Å². The van der Waals surface area contributed by atoms with E-state index < -0.39 is 0 Å². The molecule has 0 atom stereocenters. The van der Waals surface area contributed by atoms with E-state index in [9.17, 15) is 4.79 Å². The van der Waals surface area contributed by atoms with E-state index >= 15 is 0 Å². The number of amides is 1. The summed E-state index contributed by atoms with van der Waals surface area (Å²) in [7, 11) is 1.91. The van der Waals surface area contributed by atoms with Gasteiger partial charge in [-0.3, -0.25) is 4.79 Å². The largest absolute Gasteiger partial charge is 0.355 e. The second-order valence-electron chi connectivity index (χ2n) is 4.54. The van der Waals surface area contributed by atoms with E-state index in [0.29, 0.717) is 6.54 Å². The Morgan fingerprint density at radius 2 is 2.32 bits per heavy atom. The molecular weight excluding hydrogens is 240 g/mol. The van der Waals surface area contributed by atoms with E-state index in [1.807, 2.05) is 36.9 Å². The number of nitrogens with zero attached hydrogens (tertiary/aromatic N) is 2. The highest BCUT2D eigenvalue weighted by Gasteiger charge is 2.10. The van der Waals surface area contributed by atoms with Gasteiger partial charge in [-0.25, -0.2) is 4.98 Å². The second-order valence-corrected chi connectivity index (χ2v) is 4.54. The SMILES string of the molecule is CCCNC(=O)Cn1cc(CNC)c2cccnc21. The molecule has 0 aromatic carbocycles. The number of hydrogen-bond donors (Lipinski definition) is 2. The van der Waals surface area contributed by atoms with Crippen LogP contribution in [0, 0.1) is 0 Å². The molecule has 0 unspecified atom stereocenters. The van der Waals surface area contributed by atoms with E-state index in [2.05, 4.69) is 15.6 Å². The number of pyridine rings is 1. The van der Waals surface area contributed by atoms with Crippen molar-refractivity contribution in [2.45, 2.75) is 26.4 Å². The topological polar surface area (TPSA) is 59.0 Å². The highest BCUT2D eigenvalue weighted by molar-refractivity contribution is 5.83. The molecule has 2 heterocycles. The molecule has 0 saturated carbocycles. The summed E-state index contributed by atoms with van der Waals surface area (Å²) in [6, 6.07) is 3.96. The Morgan fingerprint density at radius 3 is 3.05 bits per heavy atom. The van der Waals surface area contributed by atoms with Gasteiger partial charge in [0.15, 0.2) is 0 Å². The zero-order valence-electron chi connectivity index (χ0n) is 11.4. The molecule has 0 aliphatic carbocycles. The van der Waals surface area contributed by atoms with Gasteiger partial charge in [0.25, 0.3) is 0 Å². The van der Waals surface area contributed by atoms with Gasteiger partial charge in [-0.1, -0.05) is 6.92 Å². The molecule has 2 rings (SSSR count). The summed E-state index contributed by atoms with van der Waals surface area (Å²) in [5.74, 6) is 0.0282. The Bertz CT molecular complexity index is 562. The third kappa shape index (κ3) is 3.12. The first kappa shape index (κ1) is 13.5. The normalized spacial score (nSPS) is 10.8. The summed E-state index contributed by atoms with van der Waals surface area (Å²) in [6.07, 6.45) is 4.70. The molecule has 0 aliphatic rings. The first-order valence-corrected chi connectivity index (χ1v) is 6.60. The summed E-state index contributed by atoms with van der Waals surface area (Å²) in [6.45, 7) is 3.84. The highest BCUT2D eigenvalue weighted by atomic mass is 16.1. The van der Waals surface area contributed by atoms with Crippen LogP contribution in [0.5, 0.6) is 0 Å². The van der Waals surface area contributed by atoms with Crippen molar-refractivity contribution in [2.24, 2.45) is 0 Å². The maximum atomic E-state index is 11.8. The van der Waals surface area contributed by atoms with Crippen LogP contribution >= 0.6 is 0 Å². The number of carbonyl (C=O) groups excluding carboxylic acids is 1. The zero-order valence-corrected chi connectivity index (χ0v) is 11.4. The quantitative estimate of drug-likeness (QED) is 0.822. The molecule has 1 amide bonds. The van der Waals surface area contributed by atoms with Crippen molar-refractivity contribution in [2.75, 3.05) is 13.6 Å². The lowest BCUT2D eigenvalue weighted by molar-refractivity contribution is -0.121. The molecule has 0 saturated heterocycles. The van der Waals surface area contributed by atoms with Gasteiger partial charge in [0, 0.05) is 30.9 Å². The Balaban J connectivity index is 2.25. The summed E-state index contributed by atoms with van der Waals surface area (Å²) in [5, 5.41) is 7.12. The monoisotopic (exact) mass is 260 g/mol. The van der Waals surface area contributed by atoms with Crippen molar-refractivity contribution in [1.29, 1.82) is 0 Å². The molecule has 0 bridgehead atoms. The third-order valence-electron chi connectivity index (χ3n) is 2.97. The van der Waals surface area contributed by atoms with Crippen molar-refractivity contribution >= 4 is 16.9 Å². The van der Waals surface area contributed by atoms with E-state index in [1.54, 1.807) is 6.20 Å². The van der Waals surface area contributed by atoms with Gasteiger partial charge in [-0.15, -0.1) is 0 Å². The average molecular weight is 260 g/mol. The summed E-state index contributed by atoms with van der Waals surface area (Å²) < 4.78 is 1.91. The van der Waals surface area contributed by atoms with Crippen LogP contribution in [0.25, 0.3) is 11.0 Å². The lowest BCUT2D eigenvalue weighted by Gasteiger charge is -2.05. The molecule has 2 N–H and O–H groups in total. The van der Waals surface area contributed by atoms with Crippen LogP contribution in [-0.4, -0.2) is 29.1 Å². The van der Waals surface area contributed by atoms with Gasteiger partial charge in [-0.2, -0.15) is 0 Å². The summed E-state index contributed by atoms with van der Waals surface area (Å²) in [4.78, 5) is 16.2. The molecule has 0 spiro atoms. The standard InChI is InChI=1S/C14H20N4O/c1-3-6-16-13(19)10-18-9-11(8-15-2)12-5-4-7-17-14(12)18/h4-5,7,9,15H,3,6,8,10H2,1-2H3,(H,16,19). The molecule has 2 aromatic heterocycles. The van der Waals surface area contributed by atoms with Crippen molar-refractivity contribution in [3.8, 4) is 0 Å². The Labute approximate surface area is 113 Å². The fourth-order valence-corrected chi connectivity index (χ4v) is 2.12. The van der Waals surface area contributed by atoms with Crippen LogP contribution in [0.15, 0.2) is 24.5 Å². The van der Waals surface area contributed by atoms with Crippen molar-refractivity contribution < 1.29 is 4.79 Å². The molecule has 0 aliphatic heterocycles. The van der Waals surface area contributed by atoms with Crippen LogP contribution in [0.4, 0.5) is 0 Å². The number of carbonyl (C=O) groups is 1. The third-order valence-corrected chi connectivity index (χ3v) is 2.97. The predicted molar refractivity (Wildman–Crippen MR) is 75.8 cm³/mol. The van der Waals surface area contributed by atoms with Gasteiger partial charge >= 0.3 is 0 Å². The molecule has 2 aromatic rings. The number of aromatic nitrogens is 2. The molecular formula is C14H20N4O. The fourth-order valence-electron chi connectivity index (χ4n) is 2.12. The maximum Gasteiger partial charge on any atom is 0.239 e. The van der Waals surface area contributed by atoms with Crippen molar-refractivity contribution in [1.82, 2.24) is 20.2 Å². The minimum Gasteiger partial charge on any atom is -0.355 e. The molecule has 0 fully saturated rings. The number of nitrogens with one attached hydrogen (secondary N) is 2. The second kappa shape index (κ2) is 6.33. The zero-order chi connectivity index (χ0) is 13.7. The summed E-state index contributed by atoms with van der Waals surface area (Å²) >= 11 is 0. The van der Waals surface area contributed by atoms with Gasteiger partial charge in [0.2, 0.25) is 5.91 Å². The van der Waals surface area contributed by atoms with E-state index in [1.165, 1.54) is 0 Å².